The van der Waals surface area contributed by atoms with Gasteiger partial charge >= 0.3 is 0 Å². The third-order valence-electron chi connectivity index (χ3n) is 4.66. The van der Waals surface area contributed by atoms with Crippen LogP contribution in [0.25, 0.3) is 0 Å². The summed E-state index contributed by atoms with van der Waals surface area (Å²) in [4.78, 5) is 0. The lowest BCUT2D eigenvalue weighted by Crippen LogP contribution is -2.20. The molecule has 1 atom stereocenters. The highest BCUT2D eigenvalue weighted by Crippen LogP contribution is 2.40. The van der Waals surface area contributed by atoms with E-state index in [1.165, 1.54) is 0 Å². The summed E-state index contributed by atoms with van der Waals surface area (Å²) in [7, 11) is 1.68. The minimum absolute atomic E-state index is 0.0253. The standard InChI is InChI=1S/C22H27Cl3O4/c1-22(2,15-5-7-18(8-6-15)28-10-4-9-27-3)16-11-19(24)21(20(25)12-16)29-14-17(26)13-23/h5-8,11-12,17,26H,4,9-10,13-14H2,1-3H3. The molecule has 0 aliphatic heterocycles. The van der Waals surface area contributed by atoms with Gasteiger partial charge in [-0.2, -0.15) is 0 Å². The first-order chi connectivity index (χ1) is 13.8. The van der Waals surface area contributed by atoms with Crippen molar-refractivity contribution < 1.29 is 19.3 Å². The van der Waals surface area contributed by atoms with E-state index in [4.69, 9.17) is 49.0 Å². The zero-order valence-electron chi connectivity index (χ0n) is 16.9. The summed E-state index contributed by atoms with van der Waals surface area (Å²) in [6, 6.07) is 11.7. The van der Waals surface area contributed by atoms with Crippen LogP contribution in [0.15, 0.2) is 36.4 Å². The lowest BCUT2D eigenvalue weighted by atomic mass is 9.78. The molecule has 1 unspecified atom stereocenters. The number of methoxy groups -OCH3 is 1. The molecule has 0 saturated carbocycles. The maximum atomic E-state index is 9.58. The predicted molar refractivity (Wildman–Crippen MR) is 119 cm³/mol. The van der Waals surface area contributed by atoms with Crippen LogP contribution in [0, 0.1) is 0 Å². The first kappa shape index (κ1) is 24.1. The highest BCUT2D eigenvalue weighted by atomic mass is 35.5. The molecule has 0 saturated heterocycles. The number of aliphatic hydroxyl groups is 1. The topological polar surface area (TPSA) is 47.9 Å². The van der Waals surface area contributed by atoms with Gasteiger partial charge in [-0.3, -0.25) is 0 Å². The van der Waals surface area contributed by atoms with Crippen molar-refractivity contribution in [3.8, 4) is 11.5 Å². The molecule has 4 nitrogen and oxygen atoms in total. The molecule has 2 aromatic rings. The van der Waals surface area contributed by atoms with Crippen molar-refractivity contribution in [3.05, 3.63) is 57.6 Å². The van der Waals surface area contributed by atoms with Crippen LogP contribution in [0.2, 0.25) is 10.0 Å². The van der Waals surface area contributed by atoms with E-state index >= 15 is 0 Å². The average Bonchev–Trinajstić information content (AvgIpc) is 2.70. The Bertz CT molecular complexity index is 755. The number of benzene rings is 2. The molecule has 2 aromatic carbocycles. The Labute approximate surface area is 187 Å². The van der Waals surface area contributed by atoms with E-state index in [-0.39, 0.29) is 17.9 Å². The summed E-state index contributed by atoms with van der Waals surface area (Å²) in [5.41, 5.74) is 1.71. The van der Waals surface area contributed by atoms with Crippen LogP contribution in [-0.2, 0) is 10.2 Å². The maximum absolute atomic E-state index is 9.58. The van der Waals surface area contributed by atoms with Crippen molar-refractivity contribution >= 4 is 34.8 Å². The quantitative estimate of drug-likeness (QED) is 0.344. The van der Waals surface area contributed by atoms with Crippen molar-refractivity contribution in [2.24, 2.45) is 0 Å². The second kappa shape index (κ2) is 11.3. The van der Waals surface area contributed by atoms with Gasteiger partial charge in [0.05, 0.1) is 22.5 Å². The van der Waals surface area contributed by atoms with Gasteiger partial charge in [0.15, 0.2) is 5.75 Å². The van der Waals surface area contributed by atoms with Gasteiger partial charge in [0, 0.05) is 25.6 Å². The Morgan fingerprint density at radius 3 is 2.14 bits per heavy atom. The molecular weight excluding hydrogens is 435 g/mol. The van der Waals surface area contributed by atoms with Crippen molar-refractivity contribution in [1.29, 1.82) is 0 Å². The van der Waals surface area contributed by atoms with E-state index in [1.54, 1.807) is 7.11 Å². The lowest BCUT2D eigenvalue weighted by molar-refractivity contribution is 0.125. The second-order valence-electron chi connectivity index (χ2n) is 7.23. The zero-order valence-corrected chi connectivity index (χ0v) is 19.2. The van der Waals surface area contributed by atoms with Gasteiger partial charge < -0.3 is 19.3 Å². The zero-order chi connectivity index (χ0) is 21.4. The number of aliphatic hydroxyl groups excluding tert-OH is 1. The average molecular weight is 462 g/mol. The molecule has 0 aromatic heterocycles. The Balaban J connectivity index is 2.15. The van der Waals surface area contributed by atoms with Gasteiger partial charge in [-0.1, -0.05) is 49.2 Å². The van der Waals surface area contributed by atoms with Crippen LogP contribution in [0.1, 0.15) is 31.4 Å². The summed E-state index contributed by atoms with van der Waals surface area (Å²) >= 11 is 18.4. The number of hydrogen-bond acceptors (Lipinski definition) is 4. The first-order valence-corrected chi connectivity index (χ1v) is 10.7. The monoisotopic (exact) mass is 460 g/mol. The summed E-state index contributed by atoms with van der Waals surface area (Å²) in [5.74, 6) is 1.24. The first-order valence-electron chi connectivity index (χ1n) is 9.38. The van der Waals surface area contributed by atoms with Crippen LogP contribution in [0.5, 0.6) is 11.5 Å². The van der Waals surface area contributed by atoms with E-state index < -0.39 is 6.10 Å². The van der Waals surface area contributed by atoms with Crippen LogP contribution >= 0.6 is 34.8 Å². The Morgan fingerprint density at radius 2 is 1.59 bits per heavy atom. The summed E-state index contributed by atoms with van der Waals surface area (Å²) in [5, 5.41) is 10.4. The molecule has 1 N–H and O–H groups in total. The van der Waals surface area contributed by atoms with Crippen molar-refractivity contribution in [2.75, 3.05) is 32.8 Å². The van der Waals surface area contributed by atoms with Gasteiger partial charge in [0.1, 0.15) is 18.5 Å². The normalized spacial score (nSPS) is 12.7. The number of hydrogen-bond donors (Lipinski definition) is 1. The molecule has 160 valence electrons. The van der Waals surface area contributed by atoms with Crippen LogP contribution in [0.3, 0.4) is 0 Å². The van der Waals surface area contributed by atoms with Crippen molar-refractivity contribution in [1.82, 2.24) is 0 Å². The number of alkyl halides is 1. The fraction of sp³-hybridized carbons (Fsp3) is 0.455. The van der Waals surface area contributed by atoms with Crippen LogP contribution in [-0.4, -0.2) is 44.0 Å². The third-order valence-corrected chi connectivity index (χ3v) is 5.57. The van der Waals surface area contributed by atoms with Gasteiger partial charge in [-0.25, -0.2) is 0 Å². The van der Waals surface area contributed by atoms with E-state index in [0.29, 0.717) is 29.0 Å². The molecule has 0 aliphatic carbocycles. The van der Waals surface area contributed by atoms with Gasteiger partial charge in [-0.05, 0) is 35.4 Å². The van der Waals surface area contributed by atoms with Gasteiger partial charge in [0.2, 0.25) is 0 Å². The SMILES string of the molecule is COCCCOc1ccc(C(C)(C)c2cc(Cl)c(OCC(O)CCl)c(Cl)c2)cc1. The lowest BCUT2D eigenvalue weighted by Gasteiger charge is -2.27. The van der Waals surface area contributed by atoms with Crippen LogP contribution < -0.4 is 9.47 Å². The largest absolute Gasteiger partial charge is 0.494 e. The Kier molecular flexibility index (Phi) is 9.38. The van der Waals surface area contributed by atoms with Gasteiger partial charge in [0.25, 0.3) is 0 Å². The number of rotatable bonds is 11. The van der Waals surface area contributed by atoms with E-state index in [2.05, 4.69) is 13.8 Å². The number of halogens is 3. The fourth-order valence-electron chi connectivity index (χ4n) is 2.81. The third kappa shape index (κ3) is 6.66. The maximum Gasteiger partial charge on any atom is 0.156 e. The molecule has 2 rings (SSSR count). The molecule has 0 aliphatic rings. The molecular formula is C22H27Cl3O4. The second-order valence-corrected chi connectivity index (χ2v) is 8.36. The van der Waals surface area contributed by atoms with Crippen LogP contribution in [0.4, 0.5) is 0 Å². The summed E-state index contributed by atoms with van der Waals surface area (Å²) < 4.78 is 16.3. The predicted octanol–water partition coefficient (Wildman–Crippen LogP) is 5.71. The van der Waals surface area contributed by atoms with Gasteiger partial charge in [-0.15, -0.1) is 11.6 Å². The fourth-order valence-corrected chi connectivity index (χ4v) is 3.50. The minimum Gasteiger partial charge on any atom is -0.494 e. The Hall–Kier alpha value is -1.17. The minimum atomic E-state index is -0.782. The summed E-state index contributed by atoms with van der Waals surface area (Å²) in [6.07, 6.45) is 0.0621. The molecule has 7 heteroatoms. The molecule has 0 bridgehead atoms. The molecule has 0 fully saturated rings. The Morgan fingerprint density at radius 1 is 0.966 bits per heavy atom. The summed E-state index contributed by atoms with van der Waals surface area (Å²) in [6.45, 7) is 5.51. The van der Waals surface area contributed by atoms with Crippen molar-refractivity contribution in [3.63, 3.8) is 0 Å². The van der Waals surface area contributed by atoms with E-state index in [0.717, 1.165) is 23.3 Å². The number of ether oxygens (including phenoxy) is 3. The highest BCUT2D eigenvalue weighted by Gasteiger charge is 2.26. The smallest absolute Gasteiger partial charge is 0.156 e. The van der Waals surface area contributed by atoms with E-state index in [1.807, 2.05) is 36.4 Å². The molecule has 0 heterocycles. The molecule has 29 heavy (non-hydrogen) atoms. The van der Waals surface area contributed by atoms with E-state index in [9.17, 15) is 5.11 Å². The molecule has 0 amide bonds. The molecule has 0 radical (unpaired) electrons. The molecule has 0 spiro atoms. The van der Waals surface area contributed by atoms with Crippen molar-refractivity contribution in [2.45, 2.75) is 31.8 Å². The highest BCUT2D eigenvalue weighted by molar-refractivity contribution is 6.37.